The summed E-state index contributed by atoms with van der Waals surface area (Å²) in [7, 11) is 0. The predicted octanol–water partition coefficient (Wildman–Crippen LogP) is 1.21. The van der Waals surface area contributed by atoms with Crippen molar-refractivity contribution in [3.05, 3.63) is 18.7 Å². The number of hydrogen-bond donors (Lipinski definition) is 1. The van der Waals surface area contributed by atoms with Crippen LogP contribution in [-0.2, 0) is 0 Å². The van der Waals surface area contributed by atoms with Crippen molar-refractivity contribution < 1.29 is 0 Å². The van der Waals surface area contributed by atoms with Gasteiger partial charge in [0, 0.05) is 5.33 Å². The Balaban J connectivity index is 2.77. The average molecular weight is 188 g/mol. The molecule has 0 unspecified atom stereocenters. The van der Waals surface area contributed by atoms with Gasteiger partial charge in [-0.2, -0.15) is 5.10 Å². The van der Waals surface area contributed by atoms with Crippen LogP contribution in [0.4, 0.5) is 0 Å². The lowest BCUT2D eigenvalue weighted by atomic mass is 10.3. The van der Waals surface area contributed by atoms with Gasteiger partial charge in [0.25, 0.3) is 0 Å². The molecule has 0 bridgehead atoms. The van der Waals surface area contributed by atoms with Gasteiger partial charge in [0.1, 0.15) is 6.33 Å². The summed E-state index contributed by atoms with van der Waals surface area (Å²) in [5, 5.41) is 7.10. The zero-order valence-corrected chi connectivity index (χ0v) is 6.35. The molecule has 0 fully saturated rings. The van der Waals surface area contributed by atoms with Crippen LogP contribution in [0, 0.1) is 0 Å². The molecule has 1 N–H and O–H groups in total. The standard InChI is InChI=1S/C5H6BrN3/c1-4(2-6)5-7-3-8-9-5/h3H,1-2H2,(H,7,8,9). The van der Waals surface area contributed by atoms with Gasteiger partial charge in [0.2, 0.25) is 0 Å². The van der Waals surface area contributed by atoms with E-state index in [4.69, 9.17) is 0 Å². The molecule has 0 aliphatic rings. The molecule has 0 aliphatic heterocycles. The molecule has 1 heterocycles. The molecular weight excluding hydrogens is 182 g/mol. The summed E-state index contributed by atoms with van der Waals surface area (Å²) in [5.74, 6) is 0.742. The third-order valence-corrected chi connectivity index (χ3v) is 1.59. The van der Waals surface area contributed by atoms with Gasteiger partial charge in [-0.1, -0.05) is 22.5 Å². The maximum atomic E-state index is 3.89. The quantitative estimate of drug-likeness (QED) is 0.708. The first-order valence-electron chi connectivity index (χ1n) is 2.44. The van der Waals surface area contributed by atoms with Crippen molar-refractivity contribution >= 4 is 21.5 Å². The van der Waals surface area contributed by atoms with Crippen molar-refractivity contribution in [2.75, 3.05) is 5.33 Å². The Morgan fingerprint density at radius 2 is 2.67 bits per heavy atom. The molecule has 3 nitrogen and oxygen atoms in total. The number of hydrogen-bond acceptors (Lipinski definition) is 2. The number of aromatic amines is 1. The predicted molar refractivity (Wildman–Crippen MR) is 39.2 cm³/mol. The summed E-state index contributed by atoms with van der Waals surface area (Å²) in [6, 6.07) is 0. The van der Waals surface area contributed by atoms with E-state index in [0.717, 1.165) is 16.7 Å². The number of H-pyrrole nitrogens is 1. The number of halogens is 1. The van der Waals surface area contributed by atoms with Crippen LogP contribution in [0.3, 0.4) is 0 Å². The summed E-state index contributed by atoms with van der Waals surface area (Å²) in [4.78, 5) is 3.89. The van der Waals surface area contributed by atoms with Gasteiger partial charge >= 0.3 is 0 Å². The maximum Gasteiger partial charge on any atom is 0.151 e. The highest BCUT2D eigenvalue weighted by atomic mass is 79.9. The molecule has 4 heteroatoms. The molecule has 1 aromatic rings. The van der Waals surface area contributed by atoms with Gasteiger partial charge in [-0.05, 0) is 5.57 Å². The molecule has 0 spiro atoms. The Labute approximate surface area is 61.3 Å². The highest BCUT2D eigenvalue weighted by molar-refractivity contribution is 9.09. The van der Waals surface area contributed by atoms with Gasteiger partial charge in [-0.25, -0.2) is 4.98 Å². The first kappa shape index (κ1) is 6.48. The zero-order valence-electron chi connectivity index (χ0n) is 4.76. The van der Waals surface area contributed by atoms with Gasteiger partial charge < -0.3 is 0 Å². The second-order valence-corrected chi connectivity index (χ2v) is 2.13. The van der Waals surface area contributed by atoms with Crippen LogP contribution in [0.2, 0.25) is 0 Å². The molecule has 48 valence electrons. The van der Waals surface area contributed by atoms with Gasteiger partial charge in [-0.15, -0.1) is 0 Å². The summed E-state index contributed by atoms with van der Waals surface area (Å²) < 4.78 is 0. The third-order valence-electron chi connectivity index (χ3n) is 0.911. The van der Waals surface area contributed by atoms with Crippen LogP contribution in [0.1, 0.15) is 5.82 Å². The molecule has 9 heavy (non-hydrogen) atoms. The van der Waals surface area contributed by atoms with E-state index in [-0.39, 0.29) is 0 Å². The molecule has 0 saturated carbocycles. The lowest BCUT2D eigenvalue weighted by Crippen LogP contribution is -1.85. The summed E-state index contributed by atoms with van der Waals surface area (Å²) in [5.41, 5.74) is 0.910. The van der Waals surface area contributed by atoms with Crippen molar-refractivity contribution in [1.29, 1.82) is 0 Å². The maximum absolute atomic E-state index is 3.89. The third kappa shape index (κ3) is 1.38. The van der Waals surface area contributed by atoms with Gasteiger partial charge in [0.05, 0.1) is 0 Å². The number of aromatic nitrogens is 3. The van der Waals surface area contributed by atoms with Gasteiger partial charge in [-0.3, -0.25) is 5.10 Å². The first-order valence-corrected chi connectivity index (χ1v) is 3.56. The van der Waals surface area contributed by atoms with E-state index in [1.54, 1.807) is 0 Å². The number of allylic oxidation sites excluding steroid dienone is 1. The second-order valence-electron chi connectivity index (χ2n) is 1.57. The molecule has 0 amide bonds. The van der Waals surface area contributed by atoms with Crippen molar-refractivity contribution in [3.8, 4) is 0 Å². The van der Waals surface area contributed by atoms with Crippen molar-refractivity contribution in [1.82, 2.24) is 15.2 Å². The van der Waals surface area contributed by atoms with Crippen LogP contribution in [0.15, 0.2) is 12.9 Å². The Morgan fingerprint density at radius 3 is 3.11 bits per heavy atom. The van der Waals surface area contributed by atoms with Crippen LogP contribution < -0.4 is 0 Å². The van der Waals surface area contributed by atoms with E-state index in [0.29, 0.717) is 0 Å². The molecule has 1 rings (SSSR count). The fourth-order valence-electron chi connectivity index (χ4n) is 0.439. The average Bonchev–Trinajstić information content (AvgIpc) is 2.37. The lowest BCUT2D eigenvalue weighted by molar-refractivity contribution is 1.07. The molecular formula is C5H6BrN3. The monoisotopic (exact) mass is 187 g/mol. The number of nitrogens with one attached hydrogen (secondary N) is 1. The van der Waals surface area contributed by atoms with Crippen LogP contribution >= 0.6 is 15.9 Å². The number of nitrogens with zero attached hydrogens (tertiary/aromatic N) is 2. The Bertz CT molecular complexity index is 192. The minimum Gasteiger partial charge on any atom is -0.260 e. The molecule has 0 radical (unpaired) electrons. The van der Waals surface area contributed by atoms with E-state index in [2.05, 4.69) is 37.7 Å². The smallest absolute Gasteiger partial charge is 0.151 e. The largest absolute Gasteiger partial charge is 0.260 e. The van der Waals surface area contributed by atoms with E-state index in [1.807, 2.05) is 0 Å². The highest BCUT2D eigenvalue weighted by Crippen LogP contribution is 2.06. The van der Waals surface area contributed by atoms with Crippen LogP contribution in [-0.4, -0.2) is 20.5 Å². The topological polar surface area (TPSA) is 41.6 Å². The Morgan fingerprint density at radius 1 is 1.89 bits per heavy atom. The molecule has 0 saturated heterocycles. The minimum absolute atomic E-state index is 0.724. The summed E-state index contributed by atoms with van der Waals surface area (Å²) in [6.07, 6.45) is 1.46. The van der Waals surface area contributed by atoms with E-state index >= 15 is 0 Å². The first-order chi connectivity index (χ1) is 4.34. The Hall–Kier alpha value is -0.640. The van der Waals surface area contributed by atoms with Crippen LogP contribution in [0.25, 0.3) is 5.57 Å². The Kier molecular flexibility index (Phi) is 2.00. The minimum atomic E-state index is 0.724. The molecule has 0 atom stereocenters. The normalized spacial score (nSPS) is 9.44. The van der Waals surface area contributed by atoms with Crippen molar-refractivity contribution in [2.24, 2.45) is 0 Å². The number of rotatable bonds is 2. The zero-order chi connectivity index (χ0) is 6.69. The van der Waals surface area contributed by atoms with Crippen molar-refractivity contribution in [3.63, 3.8) is 0 Å². The van der Waals surface area contributed by atoms with E-state index < -0.39 is 0 Å². The fraction of sp³-hybridized carbons (Fsp3) is 0.200. The SMILES string of the molecule is C=C(CBr)c1ncn[nH]1. The molecule has 0 aromatic carbocycles. The highest BCUT2D eigenvalue weighted by Gasteiger charge is 1.96. The fourth-order valence-corrected chi connectivity index (χ4v) is 0.705. The number of alkyl halides is 1. The molecule has 0 aliphatic carbocycles. The summed E-state index contributed by atoms with van der Waals surface area (Å²) in [6.45, 7) is 3.74. The van der Waals surface area contributed by atoms with Crippen LogP contribution in [0.5, 0.6) is 0 Å². The van der Waals surface area contributed by atoms with E-state index in [1.165, 1.54) is 6.33 Å². The van der Waals surface area contributed by atoms with Gasteiger partial charge in [0.15, 0.2) is 5.82 Å². The molecule has 1 aromatic heterocycles. The van der Waals surface area contributed by atoms with E-state index in [9.17, 15) is 0 Å². The lowest BCUT2D eigenvalue weighted by Gasteiger charge is -1.90. The second kappa shape index (κ2) is 2.77. The van der Waals surface area contributed by atoms with Crippen molar-refractivity contribution in [2.45, 2.75) is 0 Å². The summed E-state index contributed by atoms with van der Waals surface area (Å²) >= 11 is 3.25.